The van der Waals surface area contributed by atoms with Gasteiger partial charge in [-0.15, -0.1) is 0 Å². The van der Waals surface area contributed by atoms with Crippen LogP contribution in [0.5, 0.6) is 0 Å². The number of benzene rings is 1. The molecule has 1 atom stereocenters. The molecule has 2 heterocycles. The molecule has 0 spiro atoms. The number of aromatic nitrogens is 2. The fourth-order valence-electron chi connectivity index (χ4n) is 2.99. The topological polar surface area (TPSA) is 66.1 Å². The molecular weight excluding hydrogens is 297 g/mol. The van der Waals surface area contributed by atoms with Crippen LogP contribution in [0.15, 0.2) is 41.3 Å². The predicted molar refractivity (Wildman–Crippen MR) is 83.5 cm³/mol. The normalized spacial score (nSPS) is 18.0. The number of piperidine rings is 1. The van der Waals surface area contributed by atoms with Crippen molar-refractivity contribution in [3.05, 3.63) is 64.1 Å². The van der Waals surface area contributed by atoms with Gasteiger partial charge in [0.1, 0.15) is 5.82 Å². The lowest BCUT2D eigenvalue weighted by molar-refractivity contribution is -0.131. The van der Waals surface area contributed by atoms with Crippen LogP contribution in [0.4, 0.5) is 4.39 Å². The number of likely N-dealkylation sites (tertiary alicyclic amines) is 1. The van der Waals surface area contributed by atoms with Crippen molar-refractivity contribution in [1.82, 2.24) is 14.9 Å². The lowest BCUT2D eigenvalue weighted by atomic mass is 9.94. The average Bonchev–Trinajstić information content (AvgIpc) is 2.57. The van der Waals surface area contributed by atoms with Gasteiger partial charge in [-0.05, 0) is 30.5 Å². The molecule has 23 heavy (non-hydrogen) atoms. The second kappa shape index (κ2) is 6.73. The molecule has 1 N–H and O–H groups in total. The number of aromatic amines is 1. The third kappa shape index (κ3) is 3.64. The van der Waals surface area contributed by atoms with Crippen molar-refractivity contribution in [2.24, 2.45) is 0 Å². The quantitative estimate of drug-likeness (QED) is 0.940. The highest BCUT2D eigenvalue weighted by Crippen LogP contribution is 2.25. The summed E-state index contributed by atoms with van der Waals surface area (Å²) in [6, 6.07) is 8.11. The molecule has 1 saturated heterocycles. The Morgan fingerprint density at radius 3 is 2.96 bits per heavy atom. The van der Waals surface area contributed by atoms with Gasteiger partial charge in [0.2, 0.25) is 5.91 Å². The summed E-state index contributed by atoms with van der Waals surface area (Å²) in [5.74, 6) is -0.354. The number of rotatable bonds is 3. The van der Waals surface area contributed by atoms with Crippen LogP contribution < -0.4 is 5.69 Å². The Labute approximate surface area is 133 Å². The van der Waals surface area contributed by atoms with E-state index in [1.807, 2.05) is 0 Å². The number of nitrogens with one attached hydrogen (secondary N) is 1. The van der Waals surface area contributed by atoms with E-state index in [1.165, 1.54) is 12.3 Å². The molecule has 0 saturated carbocycles. The number of halogens is 1. The molecule has 1 aromatic heterocycles. The van der Waals surface area contributed by atoms with Crippen molar-refractivity contribution in [2.75, 3.05) is 13.1 Å². The summed E-state index contributed by atoms with van der Waals surface area (Å²) in [7, 11) is 0. The molecule has 0 bridgehead atoms. The second-order valence-corrected chi connectivity index (χ2v) is 5.78. The Morgan fingerprint density at radius 2 is 2.17 bits per heavy atom. The van der Waals surface area contributed by atoms with Crippen LogP contribution in [0, 0.1) is 5.82 Å². The molecule has 1 aromatic carbocycles. The smallest absolute Gasteiger partial charge is 0.342 e. The Balaban J connectivity index is 1.70. The molecular formula is C17H18FN3O2. The number of H-pyrrole nitrogens is 1. The Hall–Kier alpha value is -2.50. The summed E-state index contributed by atoms with van der Waals surface area (Å²) in [4.78, 5) is 31.9. The van der Waals surface area contributed by atoms with Crippen molar-refractivity contribution in [1.29, 1.82) is 0 Å². The molecule has 2 aromatic rings. The lowest BCUT2D eigenvalue weighted by Crippen LogP contribution is -2.40. The van der Waals surface area contributed by atoms with Crippen molar-refractivity contribution in [3.8, 4) is 0 Å². The van der Waals surface area contributed by atoms with Gasteiger partial charge in [-0.25, -0.2) is 14.2 Å². The van der Waals surface area contributed by atoms with E-state index in [2.05, 4.69) is 9.97 Å². The summed E-state index contributed by atoms with van der Waals surface area (Å²) in [6.07, 6.45) is 3.31. The fraction of sp³-hybridized carbons (Fsp3) is 0.353. The maximum Gasteiger partial charge on any atom is 0.345 e. The monoisotopic (exact) mass is 315 g/mol. The summed E-state index contributed by atoms with van der Waals surface area (Å²) in [5, 5.41) is 0. The van der Waals surface area contributed by atoms with Crippen LogP contribution in [0.1, 0.15) is 30.0 Å². The highest BCUT2D eigenvalue weighted by atomic mass is 19.1. The molecule has 120 valence electrons. The van der Waals surface area contributed by atoms with E-state index in [-0.39, 0.29) is 29.8 Å². The highest BCUT2D eigenvalue weighted by Gasteiger charge is 2.25. The minimum Gasteiger partial charge on any atom is -0.342 e. The molecule has 0 unspecified atom stereocenters. The zero-order chi connectivity index (χ0) is 16.2. The molecule has 1 amide bonds. The van der Waals surface area contributed by atoms with Crippen molar-refractivity contribution in [2.45, 2.75) is 25.2 Å². The standard InChI is InChI=1S/C17H18FN3O2/c18-14-6-2-1-4-12(14)10-16(22)21-9-3-5-13(11-21)15-7-8-19-17(23)20-15/h1-2,4,6-8,13H,3,5,9-11H2,(H,19,20,23)/t13-/m1/s1. The minimum absolute atomic E-state index is 0.0618. The largest absolute Gasteiger partial charge is 0.345 e. The van der Waals surface area contributed by atoms with E-state index in [4.69, 9.17) is 0 Å². The van der Waals surface area contributed by atoms with E-state index in [0.29, 0.717) is 18.7 Å². The zero-order valence-corrected chi connectivity index (χ0v) is 12.7. The molecule has 1 aliphatic heterocycles. The summed E-state index contributed by atoms with van der Waals surface area (Å²) in [6.45, 7) is 1.20. The van der Waals surface area contributed by atoms with E-state index in [1.54, 1.807) is 29.2 Å². The zero-order valence-electron chi connectivity index (χ0n) is 12.7. The van der Waals surface area contributed by atoms with Crippen molar-refractivity contribution >= 4 is 5.91 Å². The Kier molecular flexibility index (Phi) is 4.50. The van der Waals surface area contributed by atoms with Crippen molar-refractivity contribution in [3.63, 3.8) is 0 Å². The first-order chi connectivity index (χ1) is 11.1. The van der Waals surface area contributed by atoms with Crippen LogP contribution in [0.3, 0.4) is 0 Å². The van der Waals surface area contributed by atoms with Gasteiger partial charge in [-0.3, -0.25) is 4.79 Å². The van der Waals surface area contributed by atoms with Crippen LogP contribution in [0.25, 0.3) is 0 Å². The lowest BCUT2D eigenvalue weighted by Gasteiger charge is -2.32. The molecule has 0 radical (unpaired) electrons. The second-order valence-electron chi connectivity index (χ2n) is 5.78. The molecule has 0 aliphatic carbocycles. The number of nitrogens with zero attached hydrogens (tertiary/aromatic N) is 2. The van der Waals surface area contributed by atoms with E-state index >= 15 is 0 Å². The van der Waals surface area contributed by atoms with E-state index in [9.17, 15) is 14.0 Å². The first-order valence-corrected chi connectivity index (χ1v) is 7.70. The van der Waals surface area contributed by atoms with Crippen molar-refractivity contribution < 1.29 is 9.18 Å². The third-order valence-corrected chi connectivity index (χ3v) is 4.21. The maximum absolute atomic E-state index is 13.7. The minimum atomic E-state index is -0.377. The van der Waals surface area contributed by atoms with Crippen LogP contribution in [0.2, 0.25) is 0 Å². The first-order valence-electron chi connectivity index (χ1n) is 7.70. The number of carbonyl (C=O) groups excluding carboxylic acids is 1. The molecule has 6 heteroatoms. The van der Waals surface area contributed by atoms with Gasteiger partial charge in [0.15, 0.2) is 0 Å². The predicted octanol–water partition coefficient (Wildman–Crippen LogP) is 1.86. The van der Waals surface area contributed by atoms with Gasteiger partial charge in [0.25, 0.3) is 0 Å². The summed E-state index contributed by atoms with van der Waals surface area (Å²) < 4.78 is 13.7. The van der Waals surface area contributed by atoms with Crippen LogP contribution in [-0.2, 0) is 11.2 Å². The Bertz CT molecular complexity index is 759. The SMILES string of the molecule is O=C(Cc1ccccc1F)N1CCC[C@@H](c2ccnc(=O)[nH]2)C1. The molecule has 3 rings (SSSR count). The number of hydrogen-bond acceptors (Lipinski definition) is 3. The van der Waals surface area contributed by atoms with Gasteiger partial charge in [-0.2, -0.15) is 0 Å². The Morgan fingerprint density at radius 1 is 1.35 bits per heavy atom. The number of hydrogen-bond donors (Lipinski definition) is 1. The highest BCUT2D eigenvalue weighted by molar-refractivity contribution is 5.79. The van der Waals surface area contributed by atoms with E-state index < -0.39 is 0 Å². The summed E-state index contributed by atoms with van der Waals surface area (Å²) in [5.41, 5.74) is 0.836. The third-order valence-electron chi connectivity index (χ3n) is 4.21. The van der Waals surface area contributed by atoms with Gasteiger partial charge >= 0.3 is 5.69 Å². The van der Waals surface area contributed by atoms with Gasteiger partial charge < -0.3 is 9.88 Å². The van der Waals surface area contributed by atoms with Gasteiger partial charge in [0.05, 0.1) is 6.42 Å². The van der Waals surface area contributed by atoms with Gasteiger partial charge in [0, 0.05) is 30.9 Å². The van der Waals surface area contributed by atoms with Crippen LogP contribution in [-0.4, -0.2) is 33.9 Å². The summed E-state index contributed by atoms with van der Waals surface area (Å²) >= 11 is 0. The van der Waals surface area contributed by atoms with Gasteiger partial charge in [-0.1, -0.05) is 18.2 Å². The average molecular weight is 315 g/mol. The first kappa shape index (κ1) is 15.4. The molecule has 1 fully saturated rings. The van der Waals surface area contributed by atoms with Crippen LogP contribution >= 0.6 is 0 Å². The molecule has 5 nitrogen and oxygen atoms in total. The fourth-order valence-corrected chi connectivity index (χ4v) is 2.99. The molecule has 1 aliphatic rings. The number of amides is 1. The number of carbonyl (C=O) groups is 1. The van der Waals surface area contributed by atoms with E-state index in [0.717, 1.165) is 18.5 Å². The maximum atomic E-state index is 13.7.